The summed E-state index contributed by atoms with van der Waals surface area (Å²) in [7, 11) is 0. The molecule has 0 spiro atoms. The Hall–Kier alpha value is -2.81. The number of phenols is 1. The van der Waals surface area contributed by atoms with Gasteiger partial charge in [0.1, 0.15) is 11.5 Å². The predicted molar refractivity (Wildman–Crippen MR) is 137 cm³/mol. The van der Waals surface area contributed by atoms with Crippen LogP contribution in [0.3, 0.4) is 0 Å². The minimum Gasteiger partial charge on any atom is -0.511 e. The van der Waals surface area contributed by atoms with E-state index in [2.05, 4.69) is 46.1 Å². The minimum atomic E-state index is -0.774. The van der Waals surface area contributed by atoms with E-state index in [0.717, 1.165) is 53.5 Å². The quantitative estimate of drug-likeness (QED) is 0.449. The summed E-state index contributed by atoms with van der Waals surface area (Å²) in [5, 5.41) is 22.8. The Kier molecular flexibility index (Phi) is 4.79. The van der Waals surface area contributed by atoms with Crippen LogP contribution in [-0.4, -0.2) is 16.0 Å². The number of Topliss-reactive ketones (excluding diaryl/α,β-unsaturated/α-hetero) is 1. The number of aliphatic hydroxyl groups is 1. The molecule has 0 saturated carbocycles. The molecule has 178 valence electrons. The first-order valence-electron chi connectivity index (χ1n) is 12.4. The van der Waals surface area contributed by atoms with Crippen LogP contribution in [0.25, 0.3) is 0 Å². The summed E-state index contributed by atoms with van der Waals surface area (Å²) in [6.45, 7) is 19.1. The summed E-state index contributed by atoms with van der Waals surface area (Å²) in [4.78, 5) is 14.1. The zero-order valence-corrected chi connectivity index (χ0v) is 21.1. The molecule has 4 aliphatic carbocycles. The van der Waals surface area contributed by atoms with Gasteiger partial charge >= 0.3 is 0 Å². The van der Waals surface area contributed by atoms with Crippen molar-refractivity contribution in [3.05, 3.63) is 87.8 Å². The second-order valence-electron chi connectivity index (χ2n) is 11.9. The predicted octanol–water partition coefficient (Wildman–Crippen LogP) is 7.65. The SMILES string of the molecule is C=C(C)C1=C(C)C[C@@]2(C)C[C@@]3(C)Cc4c(C5C=CCC5)ccc(O)c4C(=O)C3=C(O)[C@@]2(C)C1=C. The fourth-order valence-corrected chi connectivity index (χ4v) is 7.88. The van der Waals surface area contributed by atoms with Crippen LogP contribution in [0.4, 0.5) is 0 Å². The van der Waals surface area contributed by atoms with Crippen LogP contribution in [0, 0.1) is 16.2 Å². The Balaban J connectivity index is 1.76. The van der Waals surface area contributed by atoms with Gasteiger partial charge in [0.05, 0.1) is 11.0 Å². The maximum absolute atomic E-state index is 14.1. The summed E-state index contributed by atoms with van der Waals surface area (Å²) >= 11 is 0. The molecule has 0 fully saturated rings. The summed E-state index contributed by atoms with van der Waals surface area (Å²) in [6.07, 6.45) is 8.69. The summed E-state index contributed by atoms with van der Waals surface area (Å²) in [5.41, 5.74) is 5.38. The van der Waals surface area contributed by atoms with Gasteiger partial charge in [0.25, 0.3) is 0 Å². The van der Waals surface area contributed by atoms with Crippen molar-refractivity contribution in [1.82, 2.24) is 0 Å². The first kappa shape index (κ1) is 23.0. The molecule has 1 aromatic rings. The number of aromatic hydroxyl groups is 1. The lowest BCUT2D eigenvalue weighted by Crippen LogP contribution is -2.54. The van der Waals surface area contributed by atoms with Gasteiger partial charge in [0.2, 0.25) is 0 Å². The van der Waals surface area contributed by atoms with E-state index in [1.165, 1.54) is 5.57 Å². The van der Waals surface area contributed by atoms with E-state index in [9.17, 15) is 15.0 Å². The van der Waals surface area contributed by atoms with Gasteiger partial charge in [-0.25, -0.2) is 0 Å². The third-order valence-corrected chi connectivity index (χ3v) is 9.48. The Labute approximate surface area is 203 Å². The highest BCUT2D eigenvalue weighted by Crippen LogP contribution is 2.68. The van der Waals surface area contributed by atoms with E-state index in [1.54, 1.807) is 6.07 Å². The van der Waals surface area contributed by atoms with Crippen molar-refractivity contribution in [2.75, 3.05) is 0 Å². The van der Waals surface area contributed by atoms with E-state index < -0.39 is 10.8 Å². The smallest absolute Gasteiger partial charge is 0.196 e. The van der Waals surface area contributed by atoms with Gasteiger partial charge in [0, 0.05) is 16.9 Å². The first-order valence-corrected chi connectivity index (χ1v) is 12.4. The number of carbonyl (C=O) groups is 1. The standard InChI is InChI=1S/C31H36O3/c1-17(2)24-18(3)14-30(6)16-29(5)15-22-21(20-10-8-9-11-20)12-13-23(32)25(22)27(33)26(29)28(34)31(30,7)19(24)4/h8,10,12-13,20,32,34H,1,4,9,11,14-16H2,2-3,5-7H3/t20?,29-,30+,31-/m1/s1. The number of aliphatic hydroxyl groups excluding tert-OH is 1. The molecular formula is C31H36O3. The average molecular weight is 457 g/mol. The monoisotopic (exact) mass is 456 g/mol. The first-order chi connectivity index (χ1) is 15.9. The van der Waals surface area contributed by atoms with Crippen LogP contribution >= 0.6 is 0 Å². The molecule has 1 unspecified atom stereocenters. The fraction of sp³-hybridized carbons (Fsp3) is 0.452. The van der Waals surface area contributed by atoms with Crippen molar-refractivity contribution in [2.24, 2.45) is 16.2 Å². The lowest BCUT2D eigenvalue weighted by atomic mass is 9.43. The molecule has 0 aliphatic heterocycles. The molecule has 0 saturated heterocycles. The van der Waals surface area contributed by atoms with Crippen LogP contribution in [0.15, 0.2) is 71.1 Å². The van der Waals surface area contributed by atoms with E-state index in [4.69, 9.17) is 0 Å². The number of hydrogen-bond donors (Lipinski definition) is 2. The lowest BCUT2D eigenvalue weighted by Gasteiger charge is -2.60. The molecule has 0 heterocycles. The van der Waals surface area contributed by atoms with Crippen LogP contribution in [0.2, 0.25) is 0 Å². The molecule has 0 aromatic heterocycles. The van der Waals surface area contributed by atoms with Gasteiger partial charge in [-0.05, 0) is 86.6 Å². The van der Waals surface area contributed by atoms with E-state index in [1.807, 2.05) is 19.9 Å². The van der Waals surface area contributed by atoms with Gasteiger partial charge in [-0.2, -0.15) is 0 Å². The Morgan fingerprint density at radius 1 is 1.15 bits per heavy atom. The Morgan fingerprint density at radius 2 is 1.85 bits per heavy atom. The van der Waals surface area contributed by atoms with Crippen LogP contribution in [0.1, 0.15) is 87.7 Å². The van der Waals surface area contributed by atoms with Crippen molar-refractivity contribution in [1.29, 1.82) is 0 Å². The normalized spacial score (nSPS) is 34.8. The van der Waals surface area contributed by atoms with Crippen molar-refractivity contribution in [3.8, 4) is 5.75 Å². The number of carbonyl (C=O) groups excluding carboxylic acids is 1. The van der Waals surface area contributed by atoms with Crippen LogP contribution < -0.4 is 0 Å². The summed E-state index contributed by atoms with van der Waals surface area (Å²) in [6, 6.07) is 3.64. The molecule has 0 bridgehead atoms. The highest BCUT2D eigenvalue weighted by Gasteiger charge is 2.62. The Bertz CT molecular complexity index is 1270. The molecule has 3 heteroatoms. The molecule has 4 atom stereocenters. The molecule has 0 radical (unpaired) electrons. The van der Waals surface area contributed by atoms with E-state index in [0.29, 0.717) is 17.6 Å². The number of phenolic OH excluding ortho intramolecular Hbond substituents is 1. The van der Waals surface area contributed by atoms with Crippen LogP contribution in [0.5, 0.6) is 5.75 Å². The van der Waals surface area contributed by atoms with Gasteiger partial charge in [0.15, 0.2) is 5.78 Å². The number of allylic oxidation sites excluding steroid dienone is 7. The van der Waals surface area contributed by atoms with Gasteiger partial charge < -0.3 is 10.2 Å². The summed E-state index contributed by atoms with van der Waals surface area (Å²) < 4.78 is 0. The second-order valence-corrected chi connectivity index (χ2v) is 11.9. The highest BCUT2D eigenvalue weighted by atomic mass is 16.3. The number of ketones is 1. The van der Waals surface area contributed by atoms with Crippen molar-refractivity contribution >= 4 is 5.78 Å². The Morgan fingerprint density at radius 3 is 2.47 bits per heavy atom. The third-order valence-electron chi connectivity index (χ3n) is 9.48. The lowest BCUT2D eigenvalue weighted by molar-refractivity contribution is 0.0128. The zero-order chi connectivity index (χ0) is 24.8. The van der Waals surface area contributed by atoms with Crippen LogP contribution in [-0.2, 0) is 6.42 Å². The molecule has 2 N–H and O–H groups in total. The fourth-order valence-electron chi connectivity index (χ4n) is 7.88. The van der Waals surface area contributed by atoms with E-state index >= 15 is 0 Å². The van der Waals surface area contributed by atoms with Crippen molar-refractivity contribution < 1.29 is 15.0 Å². The van der Waals surface area contributed by atoms with E-state index in [-0.39, 0.29) is 28.6 Å². The number of hydrogen-bond acceptors (Lipinski definition) is 3. The number of rotatable bonds is 2. The summed E-state index contributed by atoms with van der Waals surface area (Å²) in [5.74, 6) is 0.169. The molecular weight excluding hydrogens is 420 g/mol. The van der Waals surface area contributed by atoms with Gasteiger partial charge in [-0.1, -0.05) is 56.4 Å². The minimum absolute atomic E-state index is 0.00685. The molecule has 5 rings (SSSR count). The second kappa shape index (κ2) is 7.10. The highest BCUT2D eigenvalue weighted by molar-refractivity contribution is 6.14. The average Bonchev–Trinajstić information content (AvgIpc) is 3.24. The zero-order valence-electron chi connectivity index (χ0n) is 21.1. The molecule has 34 heavy (non-hydrogen) atoms. The van der Waals surface area contributed by atoms with Gasteiger partial charge in [-0.3, -0.25) is 4.79 Å². The number of fused-ring (bicyclic) bond motifs is 3. The largest absolute Gasteiger partial charge is 0.511 e. The molecule has 1 aromatic carbocycles. The maximum atomic E-state index is 14.1. The molecule has 3 nitrogen and oxygen atoms in total. The molecule has 0 amide bonds. The third kappa shape index (κ3) is 2.73. The van der Waals surface area contributed by atoms with Gasteiger partial charge in [-0.15, -0.1) is 0 Å². The maximum Gasteiger partial charge on any atom is 0.196 e. The molecule has 4 aliphatic rings. The van der Waals surface area contributed by atoms with Crippen molar-refractivity contribution in [3.63, 3.8) is 0 Å². The van der Waals surface area contributed by atoms with Crippen molar-refractivity contribution in [2.45, 2.75) is 72.6 Å². The topological polar surface area (TPSA) is 57.5 Å². The number of benzene rings is 1.